The second-order valence-electron chi connectivity index (χ2n) is 5.45. The Kier molecular flexibility index (Phi) is 2.23. The summed E-state index contributed by atoms with van der Waals surface area (Å²) in [6, 6.07) is 1.53. The minimum atomic E-state index is -0.569. The lowest BCUT2D eigenvalue weighted by Gasteiger charge is -2.33. The van der Waals surface area contributed by atoms with Crippen molar-refractivity contribution in [2.45, 2.75) is 50.6 Å². The van der Waals surface area contributed by atoms with E-state index in [1.54, 1.807) is 0 Å². The summed E-state index contributed by atoms with van der Waals surface area (Å²) >= 11 is 0. The van der Waals surface area contributed by atoms with Crippen LogP contribution >= 0.6 is 0 Å². The molecular weight excluding hydrogens is 190 g/mol. The molecule has 0 aromatic heterocycles. The van der Waals surface area contributed by atoms with Gasteiger partial charge in [0.05, 0.1) is 5.92 Å². The summed E-state index contributed by atoms with van der Waals surface area (Å²) in [5.41, 5.74) is 0. The largest absolute Gasteiger partial charge is 0.481 e. The summed E-state index contributed by atoms with van der Waals surface area (Å²) in [6.07, 6.45) is 6.94. The number of rotatable bonds is 1. The highest BCUT2D eigenvalue weighted by Crippen LogP contribution is 2.45. The SMILES string of the molecule is O=C(O)[C@@H]1CC[C@@H]2[C@@H](C1)C[C@H]1CCCN12. The van der Waals surface area contributed by atoms with Crippen LogP contribution in [0.15, 0.2) is 0 Å². The van der Waals surface area contributed by atoms with Crippen molar-refractivity contribution in [2.75, 3.05) is 6.54 Å². The van der Waals surface area contributed by atoms with Gasteiger partial charge >= 0.3 is 5.97 Å². The van der Waals surface area contributed by atoms with Gasteiger partial charge in [0.1, 0.15) is 0 Å². The van der Waals surface area contributed by atoms with Crippen LogP contribution in [0.5, 0.6) is 0 Å². The Morgan fingerprint density at radius 1 is 1.20 bits per heavy atom. The highest BCUT2D eigenvalue weighted by atomic mass is 16.4. The molecule has 0 spiro atoms. The number of carboxylic acid groups (broad SMARTS) is 1. The quantitative estimate of drug-likeness (QED) is 0.715. The number of hydrogen-bond donors (Lipinski definition) is 1. The van der Waals surface area contributed by atoms with Crippen molar-refractivity contribution in [1.82, 2.24) is 4.90 Å². The predicted octanol–water partition coefficient (Wildman–Crippen LogP) is 1.72. The monoisotopic (exact) mass is 209 g/mol. The van der Waals surface area contributed by atoms with Crippen LogP contribution in [-0.2, 0) is 4.79 Å². The summed E-state index contributed by atoms with van der Waals surface area (Å²) in [4.78, 5) is 13.6. The summed E-state index contributed by atoms with van der Waals surface area (Å²) < 4.78 is 0. The van der Waals surface area contributed by atoms with Crippen LogP contribution in [0.25, 0.3) is 0 Å². The minimum Gasteiger partial charge on any atom is -0.481 e. The average Bonchev–Trinajstić information content (AvgIpc) is 2.75. The predicted molar refractivity (Wildman–Crippen MR) is 56.6 cm³/mol. The zero-order valence-electron chi connectivity index (χ0n) is 9.06. The highest BCUT2D eigenvalue weighted by molar-refractivity contribution is 5.70. The van der Waals surface area contributed by atoms with Gasteiger partial charge in [-0.2, -0.15) is 0 Å². The standard InChI is InChI=1S/C12H19NO2/c14-12(15)8-3-4-11-9(6-8)7-10-2-1-5-13(10)11/h8-11H,1-7H2,(H,14,15)/t8-,9+,10-,11-/m1/s1. The summed E-state index contributed by atoms with van der Waals surface area (Å²) in [5.74, 6) is 0.0666. The van der Waals surface area contributed by atoms with E-state index in [2.05, 4.69) is 4.90 Å². The topological polar surface area (TPSA) is 40.5 Å². The number of hydrogen-bond acceptors (Lipinski definition) is 2. The van der Waals surface area contributed by atoms with Crippen LogP contribution in [0.1, 0.15) is 38.5 Å². The van der Waals surface area contributed by atoms with E-state index in [0.717, 1.165) is 31.3 Å². The molecule has 0 aromatic rings. The van der Waals surface area contributed by atoms with Crippen molar-refractivity contribution >= 4 is 5.97 Å². The highest BCUT2D eigenvalue weighted by Gasteiger charge is 2.46. The molecule has 1 N–H and O–H groups in total. The zero-order chi connectivity index (χ0) is 10.4. The lowest BCUT2D eigenvalue weighted by atomic mass is 9.78. The van der Waals surface area contributed by atoms with E-state index in [1.807, 2.05) is 0 Å². The summed E-state index contributed by atoms with van der Waals surface area (Å²) in [5, 5.41) is 9.05. The molecule has 3 nitrogen and oxygen atoms in total. The van der Waals surface area contributed by atoms with Crippen LogP contribution in [0.4, 0.5) is 0 Å². The van der Waals surface area contributed by atoms with Gasteiger partial charge in [-0.15, -0.1) is 0 Å². The van der Waals surface area contributed by atoms with E-state index in [4.69, 9.17) is 5.11 Å². The van der Waals surface area contributed by atoms with Crippen LogP contribution in [0, 0.1) is 11.8 Å². The molecule has 0 unspecified atom stereocenters. The van der Waals surface area contributed by atoms with E-state index in [9.17, 15) is 4.79 Å². The number of aliphatic carboxylic acids is 1. The third-order valence-corrected chi connectivity index (χ3v) is 4.72. The van der Waals surface area contributed by atoms with Gasteiger partial charge in [-0.3, -0.25) is 9.69 Å². The molecular formula is C12H19NO2. The fraction of sp³-hybridized carbons (Fsp3) is 0.917. The van der Waals surface area contributed by atoms with Crippen molar-refractivity contribution in [3.05, 3.63) is 0 Å². The zero-order valence-corrected chi connectivity index (χ0v) is 9.06. The summed E-state index contributed by atoms with van der Waals surface area (Å²) in [7, 11) is 0. The fourth-order valence-corrected chi connectivity index (χ4v) is 4.06. The van der Waals surface area contributed by atoms with Gasteiger partial charge in [0.15, 0.2) is 0 Å². The lowest BCUT2D eigenvalue weighted by molar-refractivity contribution is -0.143. The Hall–Kier alpha value is -0.570. The second kappa shape index (κ2) is 3.48. The van der Waals surface area contributed by atoms with E-state index >= 15 is 0 Å². The van der Waals surface area contributed by atoms with Gasteiger partial charge in [0, 0.05) is 12.1 Å². The first kappa shape index (κ1) is 9.64. The molecule has 4 atom stereocenters. The Balaban J connectivity index is 1.71. The van der Waals surface area contributed by atoms with Gasteiger partial charge in [0.25, 0.3) is 0 Å². The number of carbonyl (C=O) groups is 1. The molecule has 2 aliphatic heterocycles. The van der Waals surface area contributed by atoms with Crippen LogP contribution in [-0.4, -0.2) is 34.6 Å². The molecule has 3 rings (SSSR count). The third kappa shape index (κ3) is 1.48. The minimum absolute atomic E-state index is 0.0497. The number of fused-ring (bicyclic) bond motifs is 3. The molecule has 1 saturated carbocycles. The Morgan fingerprint density at radius 3 is 2.87 bits per heavy atom. The van der Waals surface area contributed by atoms with E-state index in [1.165, 1.54) is 25.8 Å². The summed E-state index contributed by atoms with van der Waals surface area (Å²) in [6.45, 7) is 1.27. The van der Waals surface area contributed by atoms with Gasteiger partial charge in [-0.25, -0.2) is 0 Å². The Morgan fingerprint density at radius 2 is 2.07 bits per heavy atom. The van der Waals surface area contributed by atoms with Crippen molar-refractivity contribution in [1.29, 1.82) is 0 Å². The van der Waals surface area contributed by atoms with Crippen LogP contribution < -0.4 is 0 Å². The lowest BCUT2D eigenvalue weighted by Crippen LogP contribution is -2.38. The Labute approximate surface area is 90.5 Å². The van der Waals surface area contributed by atoms with Crippen molar-refractivity contribution in [3.8, 4) is 0 Å². The number of nitrogens with zero attached hydrogens (tertiary/aromatic N) is 1. The maximum atomic E-state index is 11.0. The first-order valence-electron chi connectivity index (χ1n) is 6.24. The molecule has 84 valence electrons. The van der Waals surface area contributed by atoms with Gasteiger partial charge in [-0.1, -0.05) is 0 Å². The van der Waals surface area contributed by atoms with Crippen molar-refractivity contribution < 1.29 is 9.90 Å². The first-order chi connectivity index (χ1) is 7.25. The molecule has 0 amide bonds. The molecule has 3 heteroatoms. The van der Waals surface area contributed by atoms with Gasteiger partial charge in [0.2, 0.25) is 0 Å². The average molecular weight is 209 g/mol. The van der Waals surface area contributed by atoms with Crippen molar-refractivity contribution in [2.24, 2.45) is 11.8 Å². The van der Waals surface area contributed by atoms with Gasteiger partial charge < -0.3 is 5.11 Å². The smallest absolute Gasteiger partial charge is 0.306 e. The normalized spacial score (nSPS) is 45.1. The maximum Gasteiger partial charge on any atom is 0.306 e. The molecule has 0 aromatic carbocycles. The maximum absolute atomic E-state index is 11.0. The fourth-order valence-electron chi connectivity index (χ4n) is 4.06. The first-order valence-corrected chi connectivity index (χ1v) is 6.24. The molecule has 3 fully saturated rings. The molecule has 3 aliphatic rings. The number of carboxylic acids is 1. The molecule has 2 saturated heterocycles. The van der Waals surface area contributed by atoms with E-state index < -0.39 is 5.97 Å². The molecule has 0 bridgehead atoms. The second-order valence-corrected chi connectivity index (χ2v) is 5.45. The molecule has 0 radical (unpaired) electrons. The molecule has 15 heavy (non-hydrogen) atoms. The Bertz CT molecular complexity index is 279. The van der Waals surface area contributed by atoms with Crippen LogP contribution in [0.3, 0.4) is 0 Å². The van der Waals surface area contributed by atoms with E-state index in [0.29, 0.717) is 5.92 Å². The van der Waals surface area contributed by atoms with Crippen LogP contribution in [0.2, 0.25) is 0 Å². The third-order valence-electron chi connectivity index (χ3n) is 4.72. The molecule has 1 aliphatic carbocycles. The van der Waals surface area contributed by atoms with Gasteiger partial charge in [-0.05, 0) is 51.0 Å². The molecule has 2 heterocycles. The van der Waals surface area contributed by atoms with E-state index in [-0.39, 0.29) is 5.92 Å². The van der Waals surface area contributed by atoms with Crippen molar-refractivity contribution in [3.63, 3.8) is 0 Å².